The first-order valence-corrected chi connectivity index (χ1v) is 4.49. The third kappa shape index (κ3) is 3.65. The van der Waals surface area contributed by atoms with Gasteiger partial charge in [-0.25, -0.2) is 4.39 Å². The third-order valence-corrected chi connectivity index (χ3v) is 1.83. The Labute approximate surface area is 94.0 Å². The van der Waals surface area contributed by atoms with Crippen LogP contribution < -0.4 is 10.5 Å². The van der Waals surface area contributed by atoms with Gasteiger partial charge in [0.1, 0.15) is 16.6 Å². The average Bonchev–Trinajstić information content (AvgIpc) is 2.13. The predicted octanol–water partition coefficient (Wildman–Crippen LogP) is 2.40. The van der Waals surface area contributed by atoms with Crippen LogP contribution in [0.25, 0.3) is 0 Å². The zero-order valence-corrected chi connectivity index (χ0v) is 8.66. The van der Waals surface area contributed by atoms with Gasteiger partial charge in [0.05, 0.1) is 0 Å². The lowest BCUT2D eigenvalue weighted by molar-refractivity contribution is -0.153. The Morgan fingerprint density at radius 3 is 2.44 bits per heavy atom. The van der Waals surface area contributed by atoms with Crippen molar-refractivity contribution in [1.29, 1.82) is 0 Å². The molecule has 0 unspecified atom stereocenters. The summed E-state index contributed by atoms with van der Waals surface area (Å²) in [4.78, 5) is -0.167. The van der Waals surface area contributed by atoms with Crippen molar-refractivity contribution in [2.45, 2.75) is 6.18 Å². The number of hydrogen-bond donors (Lipinski definition) is 1. The highest BCUT2D eigenvalue weighted by molar-refractivity contribution is 7.80. The lowest BCUT2D eigenvalue weighted by atomic mass is 10.2. The number of thiocarbonyl (C=S) groups is 1. The lowest BCUT2D eigenvalue weighted by Crippen LogP contribution is -2.19. The van der Waals surface area contributed by atoms with Gasteiger partial charge in [-0.3, -0.25) is 0 Å². The second kappa shape index (κ2) is 4.65. The minimum atomic E-state index is -4.46. The van der Waals surface area contributed by atoms with Crippen LogP contribution in [-0.2, 0) is 0 Å². The van der Waals surface area contributed by atoms with Crippen molar-refractivity contribution in [2.75, 3.05) is 6.61 Å². The zero-order chi connectivity index (χ0) is 12.3. The third-order valence-electron chi connectivity index (χ3n) is 1.61. The van der Waals surface area contributed by atoms with E-state index < -0.39 is 18.6 Å². The van der Waals surface area contributed by atoms with Crippen LogP contribution in [0.15, 0.2) is 18.2 Å². The maximum absolute atomic E-state index is 13.2. The van der Waals surface area contributed by atoms with E-state index in [0.717, 1.165) is 6.07 Å². The van der Waals surface area contributed by atoms with Gasteiger partial charge >= 0.3 is 6.18 Å². The van der Waals surface area contributed by atoms with E-state index in [1.807, 2.05) is 0 Å². The fourth-order valence-corrected chi connectivity index (χ4v) is 1.12. The number of halogens is 4. The van der Waals surface area contributed by atoms with Crippen LogP contribution in [0, 0.1) is 5.82 Å². The number of rotatable bonds is 3. The molecule has 0 saturated heterocycles. The van der Waals surface area contributed by atoms with E-state index in [4.69, 9.17) is 5.73 Å². The zero-order valence-electron chi connectivity index (χ0n) is 7.84. The highest BCUT2D eigenvalue weighted by atomic mass is 32.1. The second-order valence-electron chi connectivity index (χ2n) is 2.91. The van der Waals surface area contributed by atoms with Gasteiger partial charge in [0.25, 0.3) is 0 Å². The van der Waals surface area contributed by atoms with E-state index in [1.54, 1.807) is 0 Å². The minimum Gasteiger partial charge on any atom is -0.484 e. The standard InChI is InChI=1S/C9H7F4NOS/c10-7-3-5(15-4-9(11,12)13)1-2-6(7)8(14)16/h1-3H,4H2,(H2,14,16). The predicted molar refractivity (Wildman–Crippen MR) is 53.8 cm³/mol. The summed E-state index contributed by atoms with van der Waals surface area (Å²) in [5.41, 5.74) is 5.15. The Morgan fingerprint density at radius 1 is 1.38 bits per heavy atom. The first kappa shape index (κ1) is 12.7. The van der Waals surface area contributed by atoms with Crippen molar-refractivity contribution in [1.82, 2.24) is 0 Å². The molecule has 0 fully saturated rings. The smallest absolute Gasteiger partial charge is 0.422 e. The van der Waals surface area contributed by atoms with E-state index in [2.05, 4.69) is 17.0 Å². The molecule has 0 bridgehead atoms. The minimum absolute atomic E-state index is 0.0330. The van der Waals surface area contributed by atoms with Crippen LogP contribution >= 0.6 is 12.2 Å². The molecule has 0 radical (unpaired) electrons. The highest BCUT2D eigenvalue weighted by Crippen LogP contribution is 2.20. The SMILES string of the molecule is NC(=S)c1ccc(OCC(F)(F)F)cc1F. The lowest BCUT2D eigenvalue weighted by Gasteiger charge is -2.09. The molecule has 1 aromatic rings. The van der Waals surface area contributed by atoms with Crippen LogP contribution in [0.3, 0.4) is 0 Å². The van der Waals surface area contributed by atoms with Gasteiger partial charge in [-0.1, -0.05) is 12.2 Å². The van der Waals surface area contributed by atoms with Crippen molar-refractivity contribution in [3.63, 3.8) is 0 Å². The Balaban J connectivity index is 2.78. The van der Waals surface area contributed by atoms with Crippen molar-refractivity contribution in [2.24, 2.45) is 5.73 Å². The Morgan fingerprint density at radius 2 is 2.00 bits per heavy atom. The van der Waals surface area contributed by atoms with Gasteiger partial charge in [0.15, 0.2) is 6.61 Å². The molecule has 0 aliphatic rings. The molecule has 16 heavy (non-hydrogen) atoms. The molecule has 0 aliphatic heterocycles. The molecule has 1 rings (SSSR count). The van der Waals surface area contributed by atoms with E-state index in [-0.39, 0.29) is 16.3 Å². The summed E-state index contributed by atoms with van der Waals surface area (Å²) in [6, 6.07) is 3.15. The molecule has 88 valence electrons. The van der Waals surface area contributed by atoms with Crippen molar-refractivity contribution in [3.05, 3.63) is 29.6 Å². The molecular weight excluding hydrogens is 246 g/mol. The monoisotopic (exact) mass is 253 g/mol. The van der Waals surface area contributed by atoms with Gasteiger partial charge < -0.3 is 10.5 Å². The Bertz CT molecular complexity index is 405. The Hall–Kier alpha value is -1.37. The van der Waals surface area contributed by atoms with Crippen LogP contribution in [0.1, 0.15) is 5.56 Å². The summed E-state index contributed by atoms with van der Waals surface area (Å²) < 4.78 is 52.9. The van der Waals surface area contributed by atoms with E-state index in [1.165, 1.54) is 12.1 Å². The number of nitrogens with two attached hydrogens (primary N) is 1. The second-order valence-corrected chi connectivity index (χ2v) is 3.35. The molecule has 1 aromatic carbocycles. The number of alkyl halides is 3. The molecule has 0 atom stereocenters. The number of hydrogen-bond acceptors (Lipinski definition) is 2. The fraction of sp³-hybridized carbons (Fsp3) is 0.222. The van der Waals surface area contributed by atoms with Crippen LogP contribution in [0.5, 0.6) is 5.75 Å². The van der Waals surface area contributed by atoms with Crippen LogP contribution in [-0.4, -0.2) is 17.8 Å². The number of benzene rings is 1. The quantitative estimate of drug-likeness (QED) is 0.663. The molecule has 0 aromatic heterocycles. The van der Waals surface area contributed by atoms with Crippen molar-refractivity contribution < 1.29 is 22.3 Å². The Kier molecular flexibility index (Phi) is 3.69. The van der Waals surface area contributed by atoms with Gasteiger partial charge in [-0.2, -0.15) is 13.2 Å². The van der Waals surface area contributed by atoms with Gasteiger partial charge in [-0.15, -0.1) is 0 Å². The number of ether oxygens (including phenoxy) is 1. The van der Waals surface area contributed by atoms with E-state index in [0.29, 0.717) is 0 Å². The summed E-state index contributed by atoms with van der Waals surface area (Å²) >= 11 is 4.53. The average molecular weight is 253 g/mol. The van der Waals surface area contributed by atoms with Gasteiger partial charge in [0.2, 0.25) is 0 Å². The summed E-state index contributed by atoms with van der Waals surface area (Å²) in [5, 5.41) is 0. The maximum atomic E-state index is 13.2. The molecule has 0 heterocycles. The largest absolute Gasteiger partial charge is 0.484 e. The highest BCUT2D eigenvalue weighted by Gasteiger charge is 2.28. The van der Waals surface area contributed by atoms with E-state index in [9.17, 15) is 17.6 Å². The van der Waals surface area contributed by atoms with Crippen LogP contribution in [0.2, 0.25) is 0 Å². The first-order valence-electron chi connectivity index (χ1n) is 4.08. The molecule has 0 saturated carbocycles. The summed E-state index contributed by atoms with van der Waals surface area (Å²) in [7, 11) is 0. The van der Waals surface area contributed by atoms with Gasteiger partial charge in [-0.05, 0) is 12.1 Å². The van der Waals surface area contributed by atoms with Crippen molar-refractivity contribution in [3.8, 4) is 5.75 Å². The van der Waals surface area contributed by atoms with Crippen LogP contribution in [0.4, 0.5) is 17.6 Å². The van der Waals surface area contributed by atoms with E-state index >= 15 is 0 Å². The van der Waals surface area contributed by atoms with Crippen molar-refractivity contribution >= 4 is 17.2 Å². The summed E-state index contributed by atoms with van der Waals surface area (Å²) in [6.45, 7) is -1.47. The summed E-state index contributed by atoms with van der Waals surface area (Å²) in [5.74, 6) is -1.04. The normalized spacial score (nSPS) is 11.2. The molecule has 0 amide bonds. The molecule has 2 nitrogen and oxygen atoms in total. The molecule has 0 spiro atoms. The topological polar surface area (TPSA) is 35.2 Å². The van der Waals surface area contributed by atoms with Gasteiger partial charge in [0, 0.05) is 11.6 Å². The first-order chi connectivity index (χ1) is 7.29. The molecule has 2 N–H and O–H groups in total. The molecule has 7 heteroatoms. The molecular formula is C9H7F4NOS. The summed E-state index contributed by atoms with van der Waals surface area (Å²) in [6.07, 6.45) is -4.46. The molecule has 0 aliphatic carbocycles. The fourth-order valence-electron chi connectivity index (χ4n) is 0.951. The maximum Gasteiger partial charge on any atom is 0.422 e.